The number of fused-ring (bicyclic) bond motifs is 1. The lowest BCUT2D eigenvalue weighted by atomic mass is 10.3. The third-order valence-corrected chi connectivity index (χ3v) is 5.13. The molecular formula is C13H18N4O3S. The van der Waals surface area contributed by atoms with Gasteiger partial charge in [0.2, 0.25) is 15.7 Å². The molecule has 2 rings (SSSR count). The van der Waals surface area contributed by atoms with Crippen molar-refractivity contribution in [3.8, 4) is 0 Å². The Balaban J connectivity index is 2.27. The Kier molecular flexibility index (Phi) is 4.56. The van der Waals surface area contributed by atoms with Crippen molar-refractivity contribution in [1.82, 2.24) is 19.9 Å². The van der Waals surface area contributed by atoms with Crippen molar-refractivity contribution in [2.24, 2.45) is 0 Å². The highest BCUT2D eigenvalue weighted by atomic mass is 32.2. The molecule has 0 saturated heterocycles. The average Bonchev–Trinajstić information content (AvgIpc) is 2.91. The normalized spacial score (nSPS) is 13.2. The van der Waals surface area contributed by atoms with Crippen LogP contribution in [-0.4, -0.2) is 40.7 Å². The SMILES string of the molecule is CCCCNC(=O)[C@H](C)S(=O)(=O)c1nnc2ccccn12. The summed E-state index contributed by atoms with van der Waals surface area (Å²) in [5.41, 5.74) is 0.426. The maximum Gasteiger partial charge on any atom is 0.254 e. The largest absolute Gasteiger partial charge is 0.355 e. The van der Waals surface area contributed by atoms with Gasteiger partial charge >= 0.3 is 0 Å². The zero-order valence-electron chi connectivity index (χ0n) is 12.0. The van der Waals surface area contributed by atoms with Crippen molar-refractivity contribution < 1.29 is 13.2 Å². The molecule has 2 heterocycles. The van der Waals surface area contributed by atoms with Crippen molar-refractivity contribution in [2.75, 3.05) is 6.54 Å². The van der Waals surface area contributed by atoms with Crippen LogP contribution in [0.1, 0.15) is 26.7 Å². The molecule has 0 radical (unpaired) electrons. The minimum absolute atomic E-state index is 0.212. The van der Waals surface area contributed by atoms with Gasteiger partial charge in [0.15, 0.2) is 5.65 Å². The fourth-order valence-corrected chi connectivity index (χ4v) is 3.11. The quantitative estimate of drug-likeness (QED) is 0.797. The van der Waals surface area contributed by atoms with Gasteiger partial charge in [-0.1, -0.05) is 19.4 Å². The van der Waals surface area contributed by atoms with E-state index in [1.807, 2.05) is 6.92 Å². The maximum atomic E-state index is 12.5. The van der Waals surface area contributed by atoms with E-state index in [-0.39, 0.29) is 5.16 Å². The van der Waals surface area contributed by atoms with Crippen LogP contribution >= 0.6 is 0 Å². The Bertz CT molecular complexity index is 739. The van der Waals surface area contributed by atoms with Crippen LogP contribution in [0.3, 0.4) is 0 Å². The van der Waals surface area contributed by atoms with Gasteiger partial charge in [-0.05, 0) is 25.5 Å². The van der Waals surface area contributed by atoms with Crippen molar-refractivity contribution in [3.05, 3.63) is 24.4 Å². The predicted molar refractivity (Wildman–Crippen MR) is 77.6 cm³/mol. The van der Waals surface area contributed by atoms with E-state index in [0.717, 1.165) is 12.8 Å². The Hall–Kier alpha value is -1.96. The van der Waals surface area contributed by atoms with Gasteiger partial charge in [0, 0.05) is 12.7 Å². The Morgan fingerprint density at radius 1 is 1.38 bits per heavy atom. The molecule has 7 nitrogen and oxygen atoms in total. The summed E-state index contributed by atoms with van der Waals surface area (Å²) < 4.78 is 26.4. The van der Waals surface area contributed by atoms with Gasteiger partial charge in [-0.2, -0.15) is 0 Å². The molecule has 0 spiro atoms. The molecule has 0 aliphatic heterocycles. The van der Waals surface area contributed by atoms with Crippen LogP contribution < -0.4 is 5.32 Å². The molecule has 8 heteroatoms. The zero-order valence-corrected chi connectivity index (χ0v) is 12.8. The highest BCUT2D eigenvalue weighted by Gasteiger charge is 2.33. The van der Waals surface area contributed by atoms with E-state index in [0.29, 0.717) is 12.2 Å². The third kappa shape index (κ3) is 3.05. The lowest BCUT2D eigenvalue weighted by Gasteiger charge is -2.11. The lowest BCUT2D eigenvalue weighted by Crippen LogP contribution is -2.38. The fraction of sp³-hybridized carbons (Fsp3) is 0.462. The second-order valence-corrected chi connectivity index (χ2v) is 6.91. The Morgan fingerprint density at radius 3 is 2.86 bits per heavy atom. The van der Waals surface area contributed by atoms with Crippen LogP contribution in [0, 0.1) is 0 Å². The number of unbranched alkanes of at least 4 members (excludes halogenated alkanes) is 1. The lowest BCUT2D eigenvalue weighted by molar-refractivity contribution is -0.120. The van der Waals surface area contributed by atoms with Gasteiger partial charge in [0.05, 0.1) is 0 Å². The molecule has 21 heavy (non-hydrogen) atoms. The van der Waals surface area contributed by atoms with E-state index in [9.17, 15) is 13.2 Å². The highest BCUT2D eigenvalue weighted by Crippen LogP contribution is 2.15. The summed E-state index contributed by atoms with van der Waals surface area (Å²) in [6, 6.07) is 5.07. The zero-order chi connectivity index (χ0) is 15.5. The molecule has 2 aromatic heterocycles. The van der Waals surface area contributed by atoms with E-state index >= 15 is 0 Å². The molecule has 0 aliphatic rings. The Labute approximate surface area is 123 Å². The van der Waals surface area contributed by atoms with Crippen LogP contribution in [0.4, 0.5) is 0 Å². The second-order valence-electron chi connectivity index (χ2n) is 4.74. The Morgan fingerprint density at radius 2 is 2.14 bits per heavy atom. The standard InChI is InChI=1S/C13H18N4O3S/c1-3-4-8-14-12(18)10(2)21(19,20)13-16-15-11-7-5-6-9-17(11)13/h5-7,9-10H,3-4,8H2,1-2H3,(H,14,18)/t10-/m0/s1. The van der Waals surface area contributed by atoms with E-state index in [1.54, 1.807) is 24.4 Å². The summed E-state index contributed by atoms with van der Waals surface area (Å²) in [5.74, 6) is -0.517. The van der Waals surface area contributed by atoms with E-state index in [4.69, 9.17) is 0 Å². The number of carbonyl (C=O) groups excluding carboxylic acids is 1. The average molecular weight is 310 g/mol. The minimum atomic E-state index is -3.88. The first-order valence-electron chi connectivity index (χ1n) is 6.80. The van der Waals surface area contributed by atoms with Crippen molar-refractivity contribution in [2.45, 2.75) is 37.1 Å². The summed E-state index contributed by atoms with van der Waals surface area (Å²) in [7, 11) is -3.88. The number of pyridine rings is 1. The summed E-state index contributed by atoms with van der Waals surface area (Å²) in [6.07, 6.45) is 3.30. The van der Waals surface area contributed by atoms with Crippen molar-refractivity contribution in [3.63, 3.8) is 0 Å². The van der Waals surface area contributed by atoms with Crippen LogP contribution in [0.5, 0.6) is 0 Å². The number of carbonyl (C=O) groups is 1. The first-order valence-corrected chi connectivity index (χ1v) is 8.34. The van der Waals surface area contributed by atoms with Crippen molar-refractivity contribution in [1.29, 1.82) is 0 Å². The second kappa shape index (κ2) is 6.21. The number of hydrogen-bond acceptors (Lipinski definition) is 5. The summed E-state index contributed by atoms with van der Waals surface area (Å²) in [5, 5.41) is 8.72. The highest BCUT2D eigenvalue weighted by molar-refractivity contribution is 7.92. The summed E-state index contributed by atoms with van der Waals surface area (Å²) >= 11 is 0. The van der Waals surface area contributed by atoms with Gasteiger partial charge < -0.3 is 5.32 Å². The predicted octanol–water partition coefficient (Wildman–Crippen LogP) is 0.808. The van der Waals surface area contributed by atoms with Crippen LogP contribution in [0.15, 0.2) is 29.6 Å². The topological polar surface area (TPSA) is 93.4 Å². The van der Waals surface area contributed by atoms with Gasteiger partial charge in [0.25, 0.3) is 5.16 Å². The van der Waals surface area contributed by atoms with Gasteiger partial charge in [-0.15, -0.1) is 10.2 Å². The van der Waals surface area contributed by atoms with Crippen LogP contribution in [-0.2, 0) is 14.6 Å². The van der Waals surface area contributed by atoms with E-state index < -0.39 is 21.0 Å². The minimum Gasteiger partial charge on any atom is -0.355 e. The number of hydrogen-bond donors (Lipinski definition) is 1. The molecule has 1 amide bonds. The molecule has 0 bridgehead atoms. The number of amides is 1. The molecular weight excluding hydrogens is 292 g/mol. The smallest absolute Gasteiger partial charge is 0.254 e. The van der Waals surface area contributed by atoms with Gasteiger partial charge in [0.1, 0.15) is 5.25 Å². The van der Waals surface area contributed by atoms with Crippen LogP contribution in [0.25, 0.3) is 5.65 Å². The van der Waals surface area contributed by atoms with Crippen molar-refractivity contribution >= 4 is 21.4 Å². The molecule has 0 unspecified atom stereocenters. The van der Waals surface area contributed by atoms with Crippen LogP contribution in [0.2, 0.25) is 0 Å². The molecule has 0 saturated carbocycles. The first-order chi connectivity index (χ1) is 9.98. The number of nitrogens with zero attached hydrogens (tertiary/aromatic N) is 3. The maximum absolute atomic E-state index is 12.5. The number of rotatable bonds is 6. The molecule has 1 N–H and O–H groups in total. The molecule has 0 aromatic carbocycles. The van der Waals surface area contributed by atoms with E-state index in [2.05, 4.69) is 15.5 Å². The molecule has 1 atom stereocenters. The summed E-state index contributed by atoms with van der Waals surface area (Å²) in [6.45, 7) is 3.82. The van der Waals surface area contributed by atoms with Gasteiger partial charge in [-0.3, -0.25) is 9.20 Å². The number of nitrogens with one attached hydrogen (secondary N) is 1. The molecule has 0 fully saturated rings. The molecule has 114 valence electrons. The monoisotopic (exact) mass is 310 g/mol. The third-order valence-electron chi connectivity index (χ3n) is 3.20. The number of aromatic nitrogens is 3. The molecule has 0 aliphatic carbocycles. The van der Waals surface area contributed by atoms with Gasteiger partial charge in [-0.25, -0.2) is 8.42 Å². The number of sulfone groups is 1. The van der Waals surface area contributed by atoms with E-state index in [1.165, 1.54) is 11.3 Å². The summed E-state index contributed by atoms with van der Waals surface area (Å²) in [4.78, 5) is 11.9. The fourth-order valence-electron chi connectivity index (χ4n) is 1.84. The molecule has 2 aromatic rings. The first kappa shape index (κ1) is 15.4.